The van der Waals surface area contributed by atoms with Crippen LogP contribution in [0, 0.1) is 0 Å². The molecule has 1 atom stereocenters. The maximum Gasteiger partial charge on any atom is 0.282 e. The van der Waals surface area contributed by atoms with Gasteiger partial charge < -0.3 is 14.8 Å². The molecule has 0 saturated heterocycles. The zero-order chi connectivity index (χ0) is 18.9. The van der Waals surface area contributed by atoms with E-state index in [9.17, 15) is 9.59 Å². The first-order valence-corrected chi connectivity index (χ1v) is 8.39. The smallest absolute Gasteiger partial charge is 0.282 e. The number of methoxy groups -OCH3 is 1. The fourth-order valence-electron chi connectivity index (χ4n) is 2.71. The average molecular weight is 376 g/mol. The standard InChI is InChI=1S/C18H18ClN3O4/c1-4-22-15-14(6-5-9-20-15)26-18(2,17(22)24)16(23)21-11-7-8-13(25-3)12(19)10-11/h5-10H,4H2,1-3H3,(H,21,23)/t18-/m1/s1. The van der Waals surface area contributed by atoms with Crippen molar-refractivity contribution in [1.82, 2.24) is 4.98 Å². The number of anilines is 2. The summed E-state index contributed by atoms with van der Waals surface area (Å²) in [6, 6.07) is 8.16. The number of ether oxygens (including phenoxy) is 2. The zero-order valence-corrected chi connectivity index (χ0v) is 15.3. The predicted molar refractivity (Wildman–Crippen MR) is 97.9 cm³/mol. The molecule has 2 heterocycles. The molecule has 0 fully saturated rings. The van der Waals surface area contributed by atoms with Crippen molar-refractivity contribution >= 4 is 34.9 Å². The number of halogens is 1. The molecule has 2 amide bonds. The number of nitrogens with one attached hydrogen (secondary N) is 1. The van der Waals surface area contributed by atoms with E-state index in [1.54, 1.807) is 36.5 Å². The highest BCUT2D eigenvalue weighted by molar-refractivity contribution is 6.32. The Bertz CT molecular complexity index is 873. The summed E-state index contributed by atoms with van der Waals surface area (Å²) in [6.45, 7) is 3.61. The number of nitrogens with zero attached hydrogens (tertiary/aromatic N) is 2. The van der Waals surface area contributed by atoms with Crippen LogP contribution in [0.1, 0.15) is 13.8 Å². The molecule has 1 aliphatic rings. The number of hydrogen-bond acceptors (Lipinski definition) is 5. The number of amides is 2. The molecular weight excluding hydrogens is 358 g/mol. The molecular formula is C18H18ClN3O4. The molecule has 3 rings (SSSR count). The van der Waals surface area contributed by atoms with Crippen molar-refractivity contribution in [3.05, 3.63) is 41.6 Å². The van der Waals surface area contributed by atoms with Gasteiger partial charge in [-0.2, -0.15) is 0 Å². The molecule has 1 aromatic carbocycles. The molecule has 0 unspecified atom stereocenters. The second kappa shape index (κ2) is 6.84. The lowest BCUT2D eigenvalue weighted by Crippen LogP contribution is -2.60. The van der Waals surface area contributed by atoms with Gasteiger partial charge in [0.2, 0.25) is 0 Å². The number of carbonyl (C=O) groups excluding carboxylic acids is 2. The van der Waals surface area contributed by atoms with E-state index in [2.05, 4.69) is 10.3 Å². The topological polar surface area (TPSA) is 80.8 Å². The number of benzene rings is 1. The highest BCUT2D eigenvalue weighted by Crippen LogP contribution is 2.36. The molecule has 136 valence electrons. The van der Waals surface area contributed by atoms with Crippen molar-refractivity contribution in [2.75, 3.05) is 23.9 Å². The molecule has 0 radical (unpaired) electrons. The Balaban J connectivity index is 1.91. The van der Waals surface area contributed by atoms with Gasteiger partial charge in [0.05, 0.1) is 12.1 Å². The SMILES string of the molecule is CCN1C(=O)[C@@](C)(C(=O)Nc2ccc(OC)c(Cl)c2)Oc2cccnc21. The van der Waals surface area contributed by atoms with Crippen molar-refractivity contribution in [2.45, 2.75) is 19.4 Å². The molecule has 0 aliphatic carbocycles. The van der Waals surface area contributed by atoms with Gasteiger partial charge in [-0.15, -0.1) is 0 Å². The molecule has 8 heteroatoms. The highest BCUT2D eigenvalue weighted by Gasteiger charge is 2.50. The minimum absolute atomic E-state index is 0.344. The molecule has 0 spiro atoms. The van der Waals surface area contributed by atoms with Gasteiger partial charge >= 0.3 is 0 Å². The van der Waals surface area contributed by atoms with Gasteiger partial charge in [-0.1, -0.05) is 11.6 Å². The number of likely N-dealkylation sites (N-methyl/N-ethyl adjacent to an activating group) is 1. The van der Waals surface area contributed by atoms with E-state index in [0.717, 1.165) is 0 Å². The Labute approximate surface area is 155 Å². The van der Waals surface area contributed by atoms with Crippen LogP contribution in [0.25, 0.3) is 0 Å². The third-order valence-electron chi connectivity index (χ3n) is 4.13. The van der Waals surface area contributed by atoms with Crippen LogP contribution < -0.4 is 19.7 Å². The minimum atomic E-state index is -1.72. The Morgan fingerprint density at radius 3 is 2.85 bits per heavy atom. The molecule has 1 N–H and O–H groups in total. The van der Waals surface area contributed by atoms with Gasteiger partial charge in [0.15, 0.2) is 11.6 Å². The lowest BCUT2D eigenvalue weighted by atomic mass is 10.0. The summed E-state index contributed by atoms with van der Waals surface area (Å²) in [4.78, 5) is 31.4. The summed E-state index contributed by atoms with van der Waals surface area (Å²) in [5, 5.41) is 3.02. The average Bonchev–Trinajstić information content (AvgIpc) is 2.63. The zero-order valence-electron chi connectivity index (χ0n) is 14.6. The van der Waals surface area contributed by atoms with E-state index >= 15 is 0 Å². The van der Waals surface area contributed by atoms with Crippen LogP contribution in [-0.2, 0) is 9.59 Å². The van der Waals surface area contributed by atoms with Crippen molar-refractivity contribution in [2.24, 2.45) is 0 Å². The second-order valence-corrected chi connectivity index (χ2v) is 6.22. The molecule has 1 aliphatic heterocycles. The largest absolute Gasteiger partial charge is 0.495 e. The number of carbonyl (C=O) groups is 2. The van der Waals surface area contributed by atoms with Crippen molar-refractivity contribution in [1.29, 1.82) is 0 Å². The summed E-state index contributed by atoms with van der Waals surface area (Å²) < 4.78 is 10.8. The van der Waals surface area contributed by atoms with Crippen LogP contribution in [0.15, 0.2) is 36.5 Å². The number of rotatable bonds is 4. The number of fused-ring (bicyclic) bond motifs is 1. The summed E-state index contributed by atoms with van der Waals surface area (Å²) in [5.41, 5.74) is -1.29. The van der Waals surface area contributed by atoms with Crippen LogP contribution in [0.2, 0.25) is 5.02 Å². The van der Waals surface area contributed by atoms with E-state index in [0.29, 0.717) is 34.6 Å². The number of hydrogen-bond donors (Lipinski definition) is 1. The van der Waals surface area contributed by atoms with Crippen LogP contribution >= 0.6 is 11.6 Å². The molecule has 1 aromatic heterocycles. The van der Waals surface area contributed by atoms with Gasteiger partial charge in [-0.3, -0.25) is 14.5 Å². The maximum atomic E-state index is 12.9. The molecule has 0 saturated carbocycles. The Hall–Kier alpha value is -2.80. The van der Waals surface area contributed by atoms with E-state index in [1.807, 2.05) is 6.92 Å². The third kappa shape index (κ3) is 2.94. The number of pyridine rings is 1. The van der Waals surface area contributed by atoms with Crippen molar-refractivity contribution in [3.63, 3.8) is 0 Å². The van der Waals surface area contributed by atoms with E-state index in [4.69, 9.17) is 21.1 Å². The first-order chi connectivity index (χ1) is 12.4. The van der Waals surface area contributed by atoms with Gasteiger partial charge in [-0.05, 0) is 44.2 Å². The number of aromatic nitrogens is 1. The van der Waals surface area contributed by atoms with Crippen LogP contribution in [-0.4, -0.2) is 36.1 Å². The van der Waals surface area contributed by atoms with Crippen molar-refractivity contribution < 1.29 is 19.1 Å². The monoisotopic (exact) mass is 375 g/mol. The van der Waals surface area contributed by atoms with E-state index in [-0.39, 0.29) is 0 Å². The first kappa shape index (κ1) is 18.0. The molecule has 0 bridgehead atoms. The lowest BCUT2D eigenvalue weighted by molar-refractivity contribution is -0.145. The fourth-order valence-corrected chi connectivity index (χ4v) is 2.97. The predicted octanol–water partition coefficient (Wildman–Crippen LogP) is 2.89. The van der Waals surface area contributed by atoms with Gasteiger partial charge in [-0.25, -0.2) is 4.98 Å². The Morgan fingerprint density at radius 1 is 1.42 bits per heavy atom. The summed E-state index contributed by atoms with van der Waals surface area (Å²) >= 11 is 6.08. The van der Waals surface area contributed by atoms with Crippen LogP contribution in [0.5, 0.6) is 11.5 Å². The van der Waals surface area contributed by atoms with Gasteiger partial charge in [0.1, 0.15) is 5.75 Å². The second-order valence-electron chi connectivity index (χ2n) is 5.81. The third-order valence-corrected chi connectivity index (χ3v) is 4.43. The van der Waals surface area contributed by atoms with Gasteiger partial charge in [0.25, 0.3) is 17.4 Å². The van der Waals surface area contributed by atoms with E-state index < -0.39 is 17.4 Å². The minimum Gasteiger partial charge on any atom is -0.495 e. The highest BCUT2D eigenvalue weighted by atomic mass is 35.5. The quantitative estimate of drug-likeness (QED) is 0.831. The van der Waals surface area contributed by atoms with Crippen molar-refractivity contribution in [3.8, 4) is 11.5 Å². The van der Waals surface area contributed by atoms with Crippen LogP contribution in [0.4, 0.5) is 11.5 Å². The molecule has 7 nitrogen and oxygen atoms in total. The summed E-state index contributed by atoms with van der Waals surface area (Å²) in [6.07, 6.45) is 1.57. The molecule has 2 aromatic rings. The normalized spacial score (nSPS) is 18.8. The fraction of sp³-hybridized carbons (Fsp3) is 0.278. The summed E-state index contributed by atoms with van der Waals surface area (Å²) in [5.74, 6) is 0.176. The molecule has 26 heavy (non-hydrogen) atoms. The summed E-state index contributed by atoms with van der Waals surface area (Å²) in [7, 11) is 1.50. The van der Waals surface area contributed by atoms with E-state index in [1.165, 1.54) is 18.9 Å². The Morgan fingerprint density at radius 2 is 2.19 bits per heavy atom. The lowest BCUT2D eigenvalue weighted by Gasteiger charge is -2.38. The maximum absolute atomic E-state index is 12.9. The van der Waals surface area contributed by atoms with Crippen LogP contribution in [0.3, 0.4) is 0 Å². The first-order valence-electron chi connectivity index (χ1n) is 8.01. The Kier molecular flexibility index (Phi) is 4.73. The van der Waals surface area contributed by atoms with Gasteiger partial charge in [0, 0.05) is 18.4 Å².